The zero-order valence-corrected chi connectivity index (χ0v) is 18.0. The van der Waals surface area contributed by atoms with Gasteiger partial charge in [0.15, 0.2) is 0 Å². The van der Waals surface area contributed by atoms with Gasteiger partial charge < -0.3 is 15.3 Å². The number of aliphatic hydroxyl groups excluding tert-OH is 1. The molecule has 1 heterocycles. The molecule has 156 valence electrons. The summed E-state index contributed by atoms with van der Waals surface area (Å²) in [4.78, 5) is 25.1. The minimum atomic E-state index is -1.37. The Labute approximate surface area is 168 Å². The third kappa shape index (κ3) is 7.92. The first-order chi connectivity index (χ1) is 13.3. The van der Waals surface area contributed by atoms with Gasteiger partial charge in [0.1, 0.15) is 6.10 Å². The summed E-state index contributed by atoms with van der Waals surface area (Å²) in [5, 5.41) is 16.7. The lowest BCUT2D eigenvalue weighted by molar-refractivity contribution is -0.143. The van der Waals surface area contributed by atoms with E-state index in [0.29, 0.717) is 5.69 Å². The first kappa shape index (κ1) is 25.3. The van der Waals surface area contributed by atoms with Crippen LogP contribution in [0.25, 0.3) is 5.69 Å². The Bertz CT molecular complexity index is 682. The van der Waals surface area contributed by atoms with Gasteiger partial charge in [0.25, 0.3) is 5.91 Å². The molecule has 2 rings (SSSR count). The van der Waals surface area contributed by atoms with Crippen molar-refractivity contribution in [2.45, 2.75) is 47.1 Å². The molecule has 0 bridgehead atoms. The maximum absolute atomic E-state index is 12.1. The van der Waals surface area contributed by atoms with E-state index in [1.165, 1.54) is 32.3 Å². The molecular weight excluding hydrogens is 356 g/mol. The first-order valence-corrected chi connectivity index (χ1v) is 9.61. The number of nitrogens with one attached hydrogen (secondary N) is 1. The highest BCUT2D eigenvalue weighted by atomic mass is 16.3. The monoisotopic (exact) mass is 390 g/mol. The SMILES string of the molecule is CC.CC(C(=O)Nc1ccc(-n2cccn2)cc1)C(O)C(=O)N(C)C.CCC. The van der Waals surface area contributed by atoms with Gasteiger partial charge in [-0.25, -0.2) is 4.68 Å². The summed E-state index contributed by atoms with van der Waals surface area (Å²) in [5.74, 6) is -1.77. The maximum atomic E-state index is 12.1. The number of amides is 2. The molecular formula is C21H34N4O3. The third-order valence-electron chi connectivity index (χ3n) is 3.48. The van der Waals surface area contributed by atoms with Gasteiger partial charge in [-0.05, 0) is 30.3 Å². The molecule has 2 atom stereocenters. The highest BCUT2D eigenvalue weighted by Gasteiger charge is 2.29. The van der Waals surface area contributed by atoms with E-state index in [-0.39, 0.29) is 0 Å². The van der Waals surface area contributed by atoms with E-state index in [0.717, 1.165) is 5.69 Å². The Morgan fingerprint density at radius 2 is 1.71 bits per heavy atom. The number of carbonyl (C=O) groups is 2. The van der Waals surface area contributed by atoms with E-state index in [1.54, 1.807) is 23.0 Å². The highest BCUT2D eigenvalue weighted by Crippen LogP contribution is 2.15. The summed E-state index contributed by atoms with van der Waals surface area (Å²) in [6.45, 7) is 9.76. The predicted octanol–water partition coefficient (Wildman–Crippen LogP) is 3.34. The molecule has 2 amide bonds. The van der Waals surface area contributed by atoms with Crippen molar-refractivity contribution in [1.82, 2.24) is 14.7 Å². The molecule has 0 fully saturated rings. The molecule has 7 nitrogen and oxygen atoms in total. The van der Waals surface area contributed by atoms with Crippen LogP contribution in [0.5, 0.6) is 0 Å². The van der Waals surface area contributed by atoms with Gasteiger partial charge in [-0.15, -0.1) is 0 Å². The number of aliphatic hydroxyl groups is 1. The Morgan fingerprint density at radius 3 is 2.14 bits per heavy atom. The van der Waals surface area contributed by atoms with E-state index >= 15 is 0 Å². The van der Waals surface area contributed by atoms with Crippen LogP contribution in [-0.2, 0) is 9.59 Å². The van der Waals surface area contributed by atoms with Crippen molar-refractivity contribution in [1.29, 1.82) is 0 Å². The second kappa shape index (κ2) is 13.5. The minimum Gasteiger partial charge on any atom is -0.382 e. The Morgan fingerprint density at radius 1 is 1.18 bits per heavy atom. The molecule has 2 aromatic rings. The molecule has 1 aromatic heterocycles. The number of hydrogen-bond donors (Lipinski definition) is 2. The fourth-order valence-corrected chi connectivity index (χ4v) is 2.00. The van der Waals surface area contributed by atoms with Crippen LogP contribution < -0.4 is 5.32 Å². The number of carbonyl (C=O) groups excluding carboxylic acids is 2. The lowest BCUT2D eigenvalue weighted by Gasteiger charge is -2.21. The molecule has 0 aliphatic heterocycles. The van der Waals surface area contributed by atoms with Crippen LogP contribution in [0.1, 0.15) is 41.0 Å². The maximum Gasteiger partial charge on any atom is 0.251 e. The molecule has 28 heavy (non-hydrogen) atoms. The van der Waals surface area contributed by atoms with Gasteiger partial charge in [0.2, 0.25) is 5.91 Å². The van der Waals surface area contributed by atoms with Crippen LogP contribution in [0.3, 0.4) is 0 Å². The molecule has 1 aromatic carbocycles. The second-order valence-electron chi connectivity index (χ2n) is 6.16. The van der Waals surface area contributed by atoms with E-state index < -0.39 is 23.8 Å². The molecule has 0 radical (unpaired) electrons. The molecule has 0 spiro atoms. The van der Waals surface area contributed by atoms with Crippen molar-refractivity contribution in [3.63, 3.8) is 0 Å². The number of rotatable bonds is 5. The highest BCUT2D eigenvalue weighted by molar-refractivity contribution is 5.96. The second-order valence-corrected chi connectivity index (χ2v) is 6.16. The third-order valence-corrected chi connectivity index (χ3v) is 3.48. The Hall–Kier alpha value is -2.67. The average Bonchev–Trinajstić information content (AvgIpc) is 3.23. The number of nitrogens with zero attached hydrogens (tertiary/aromatic N) is 3. The lowest BCUT2D eigenvalue weighted by Crippen LogP contribution is -2.42. The fraction of sp³-hybridized carbons (Fsp3) is 0.476. The molecule has 0 aliphatic carbocycles. The van der Waals surface area contributed by atoms with E-state index in [2.05, 4.69) is 24.3 Å². The average molecular weight is 391 g/mol. The van der Waals surface area contributed by atoms with Crippen LogP contribution in [0, 0.1) is 5.92 Å². The summed E-state index contributed by atoms with van der Waals surface area (Å²) < 4.78 is 1.70. The van der Waals surface area contributed by atoms with E-state index in [1.807, 2.05) is 38.2 Å². The van der Waals surface area contributed by atoms with Crippen LogP contribution >= 0.6 is 0 Å². The number of likely N-dealkylation sites (N-methyl/N-ethyl adjacent to an activating group) is 1. The van der Waals surface area contributed by atoms with Crippen LogP contribution in [0.2, 0.25) is 0 Å². The van der Waals surface area contributed by atoms with Crippen molar-refractivity contribution in [2.75, 3.05) is 19.4 Å². The van der Waals surface area contributed by atoms with Crippen molar-refractivity contribution >= 4 is 17.5 Å². The number of aromatic nitrogens is 2. The van der Waals surface area contributed by atoms with Gasteiger partial charge in [-0.2, -0.15) is 5.10 Å². The molecule has 0 aliphatic rings. The van der Waals surface area contributed by atoms with Gasteiger partial charge in [0, 0.05) is 32.2 Å². The quantitative estimate of drug-likeness (QED) is 0.820. The molecule has 2 unspecified atom stereocenters. The summed E-state index contributed by atoms with van der Waals surface area (Å²) in [6.07, 6.45) is 3.38. The minimum absolute atomic E-state index is 0.417. The fourth-order valence-electron chi connectivity index (χ4n) is 2.00. The lowest BCUT2D eigenvalue weighted by atomic mass is 10.0. The molecule has 0 saturated carbocycles. The zero-order valence-electron chi connectivity index (χ0n) is 18.0. The Kier molecular flexibility index (Phi) is 12.2. The molecule has 2 N–H and O–H groups in total. The van der Waals surface area contributed by atoms with Crippen molar-refractivity contribution in [3.05, 3.63) is 42.7 Å². The van der Waals surface area contributed by atoms with Crippen LogP contribution in [-0.4, -0.2) is 51.8 Å². The Balaban J connectivity index is 0.00000133. The van der Waals surface area contributed by atoms with Crippen molar-refractivity contribution in [3.8, 4) is 5.69 Å². The number of hydrogen-bond acceptors (Lipinski definition) is 4. The zero-order chi connectivity index (χ0) is 21.7. The summed E-state index contributed by atoms with van der Waals surface area (Å²) in [6, 6.07) is 8.92. The predicted molar refractivity (Wildman–Crippen MR) is 113 cm³/mol. The van der Waals surface area contributed by atoms with Crippen molar-refractivity contribution in [2.24, 2.45) is 5.92 Å². The van der Waals surface area contributed by atoms with Crippen LogP contribution in [0.15, 0.2) is 42.7 Å². The first-order valence-electron chi connectivity index (χ1n) is 9.61. The van der Waals surface area contributed by atoms with E-state index in [9.17, 15) is 14.7 Å². The summed E-state index contributed by atoms with van der Waals surface area (Å²) in [5.41, 5.74) is 1.45. The number of benzene rings is 1. The van der Waals surface area contributed by atoms with E-state index in [4.69, 9.17) is 0 Å². The summed E-state index contributed by atoms with van der Waals surface area (Å²) in [7, 11) is 3.06. The topological polar surface area (TPSA) is 87.5 Å². The largest absolute Gasteiger partial charge is 0.382 e. The van der Waals surface area contributed by atoms with Gasteiger partial charge >= 0.3 is 0 Å². The number of anilines is 1. The van der Waals surface area contributed by atoms with Gasteiger partial charge in [0.05, 0.1) is 11.6 Å². The smallest absolute Gasteiger partial charge is 0.251 e. The molecule has 7 heteroatoms. The van der Waals surface area contributed by atoms with Gasteiger partial charge in [-0.3, -0.25) is 9.59 Å². The standard InChI is InChI=1S/C16H20N4O3.C3H8.C2H6/c1-11(14(21)16(23)19(2)3)15(22)18-12-5-7-13(8-6-12)20-10-4-9-17-20;1-3-2;1-2/h4-11,14,21H,1-3H3,(H,18,22);3H2,1-2H3;1-2H3. The summed E-state index contributed by atoms with van der Waals surface area (Å²) >= 11 is 0. The molecule has 0 saturated heterocycles. The normalized spacial score (nSPS) is 11.7. The van der Waals surface area contributed by atoms with Gasteiger partial charge in [-0.1, -0.05) is 41.0 Å². The van der Waals surface area contributed by atoms with Crippen molar-refractivity contribution < 1.29 is 14.7 Å². The van der Waals surface area contributed by atoms with Crippen LogP contribution in [0.4, 0.5) is 5.69 Å².